The van der Waals surface area contributed by atoms with Gasteiger partial charge in [-0.25, -0.2) is 9.98 Å². The van der Waals surface area contributed by atoms with Crippen molar-refractivity contribution >= 4 is 50.1 Å². The third-order valence-electron chi connectivity index (χ3n) is 11.9. The molecule has 0 fully saturated rings. The second-order valence-electron chi connectivity index (χ2n) is 15.9. The Morgan fingerprint density at radius 2 is 1.27 bits per heavy atom. The fourth-order valence-electron chi connectivity index (χ4n) is 8.74. The average Bonchev–Trinajstić information content (AvgIpc) is 3.78. The Morgan fingerprint density at radius 3 is 1.79 bits per heavy atom. The summed E-state index contributed by atoms with van der Waals surface area (Å²) in [5, 5.41) is 16.6. The standard InChI is InChI=1S/C16H16N4O.C12H13BrN2O.C4H3N2.3C4H9.Sn/c17-15-20-16(10-21-15)6-4-11-2-1-3-13(14(11)8-16)12-5-7-18-19-9-12;13-10-3-1-2-8-4-5-12(6-9(8)10)7-16-11(14)15-12;1-2-4-6-5-3-1;3*1-3-4-2;/h1-3,5,7,9H,4,6,8,10H2,(H2,17,20);1-3H,4-7H2,(H2,14,15);1-3H;3*1,3-4H2,2H3;. The minimum atomic E-state index is -2.27. The van der Waals surface area contributed by atoms with E-state index in [9.17, 15) is 0 Å². The first kappa shape index (κ1) is 42.0. The molecule has 56 heavy (non-hydrogen) atoms. The Balaban J connectivity index is 0.000000144. The van der Waals surface area contributed by atoms with E-state index in [1.54, 1.807) is 12.4 Å². The number of nitrogens with two attached hydrogens (primary N) is 2. The van der Waals surface area contributed by atoms with Crippen LogP contribution in [0, 0.1) is 0 Å². The number of aliphatic imine (C=N–C) groups is 2. The number of aryl methyl sites for hydroxylation is 2. The van der Waals surface area contributed by atoms with Gasteiger partial charge in [-0.3, -0.25) is 0 Å². The Kier molecular flexibility index (Phi) is 14.8. The number of halogens is 1. The van der Waals surface area contributed by atoms with Gasteiger partial charge in [-0.2, -0.15) is 10.2 Å². The Bertz CT molecular complexity index is 1930. The minimum absolute atomic E-state index is 0.110. The molecule has 2 aliphatic heterocycles. The van der Waals surface area contributed by atoms with Crippen molar-refractivity contribution in [2.75, 3.05) is 13.2 Å². The van der Waals surface area contributed by atoms with E-state index in [2.05, 4.69) is 116 Å². The number of hydrogen-bond donors (Lipinski definition) is 2. The van der Waals surface area contributed by atoms with Crippen molar-refractivity contribution in [3.63, 3.8) is 0 Å². The SMILES string of the molecule is CCC[CH2][Sn]([CH2]CCC)([CH2]CCC)[c]1cccnn1.NC1=NC2(CCc3cccc(-c4ccnnc4)c3C2)CO1.NC1=NC2(CCc3cccc(Br)c3C2)CO1. The van der Waals surface area contributed by atoms with Crippen LogP contribution in [0.25, 0.3) is 11.1 Å². The van der Waals surface area contributed by atoms with Crippen LogP contribution in [-0.4, -0.2) is 75.1 Å². The summed E-state index contributed by atoms with van der Waals surface area (Å²) in [4.78, 5) is 9.03. The van der Waals surface area contributed by atoms with E-state index in [4.69, 9.17) is 20.9 Å². The van der Waals surface area contributed by atoms with Gasteiger partial charge in [0, 0.05) is 22.9 Å². The second kappa shape index (κ2) is 19.7. The summed E-state index contributed by atoms with van der Waals surface area (Å²) in [5.41, 5.74) is 18.8. The first-order chi connectivity index (χ1) is 27.2. The van der Waals surface area contributed by atoms with Crippen molar-refractivity contribution in [3.8, 4) is 11.1 Å². The maximum atomic E-state index is 5.72. The molecular weight excluding hydrogens is 871 g/mol. The molecule has 0 bridgehead atoms. The van der Waals surface area contributed by atoms with Crippen LogP contribution in [0.2, 0.25) is 13.3 Å². The number of benzene rings is 2. The van der Waals surface area contributed by atoms with E-state index >= 15 is 0 Å². The molecule has 4 N–H and O–H groups in total. The van der Waals surface area contributed by atoms with Gasteiger partial charge in [0.25, 0.3) is 12.0 Å². The molecule has 0 radical (unpaired) electrons. The molecule has 4 heterocycles. The third kappa shape index (κ3) is 10.3. The predicted octanol–water partition coefficient (Wildman–Crippen LogP) is 8.27. The number of ether oxygens (including phenoxy) is 2. The van der Waals surface area contributed by atoms with Crippen molar-refractivity contribution in [3.05, 3.63) is 99.9 Å². The molecule has 4 aromatic rings. The normalized spacial score (nSPS) is 20.6. The van der Waals surface area contributed by atoms with Crippen molar-refractivity contribution < 1.29 is 9.47 Å². The topological polar surface area (TPSA) is 147 Å². The number of amidine groups is 2. The predicted molar refractivity (Wildman–Crippen MR) is 233 cm³/mol. The molecule has 298 valence electrons. The van der Waals surface area contributed by atoms with Gasteiger partial charge in [-0.05, 0) is 65.6 Å². The molecule has 2 aliphatic carbocycles. The van der Waals surface area contributed by atoms with E-state index in [1.165, 1.54) is 87.8 Å². The van der Waals surface area contributed by atoms with Gasteiger partial charge in [0.1, 0.15) is 24.3 Å². The molecule has 4 aliphatic rings. The van der Waals surface area contributed by atoms with Crippen molar-refractivity contribution in [2.45, 2.75) is 122 Å². The maximum Gasteiger partial charge on any atom is 0.282 e. The van der Waals surface area contributed by atoms with Crippen LogP contribution in [-0.2, 0) is 35.2 Å². The van der Waals surface area contributed by atoms with Crippen molar-refractivity contribution in [1.29, 1.82) is 0 Å². The van der Waals surface area contributed by atoms with Crippen LogP contribution >= 0.6 is 15.9 Å². The molecular formula is C44H59BrN8O2Sn. The van der Waals surface area contributed by atoms with Gasteiger partial charge >= 0.3 is 123 Å². The maximum absolute atomic E-state index is 5.72. The van der Waals surface area contributed by atoms with Crippen LogP contribution in [0.15, 0.2) is 87.6 Å². The average molecular weight is 931 g/mol. The van der Waals surface area contributed by atoms with Gasteiger partial charge in [0.2, 0.25) is 0 Å². The summed E-state index contributed by atoms with van der Waals surface area (Å²) < 4.78 is 17.8. The van der Waals surface area contributed by atoms with E-state index < -0.39 is 18.4 Å². The zero-order chi connectivity index (χ0) is 39.4. The van der Waals surface area contributed by atoms with Gasteiger partial charge in [-0.1, -0.05) is 46.3 Å². The molecule has 8 rings (SSSR count). The van der Waals surface area contributed by atoms with Crippen LogP contribution < -0.4 is 15.2 Å². The summed E-state index contributed by atoms with van der Waals surface area (Å²) in [6, 6.07) is 19.8. The van der Waals surface area contributed by atoms with E-state index in [0.29, 0.717) is 25.3 Å². The largest absolute Gasteiger partial charge is 0.463 e. The van der Waals surface area contributed by atoms with Crippen molar-refractivity contribution in [2.24, 2.45) is 21.5 Å². The number of fused-ring (bicyclic) bond motifs is 2. The zero-order valence-corrected chi connectivity index (χ0v) is 37.9. The molecule has 0 amide bonds. The van der Waals surface area contributed by atoms with Gasteiger partial charge < -0.3 is 20.9 Å². The molecule has 0 saturated carbocycles. The number of aromatic nitrogens is 4. The van der Waals surface area contributed by atoms with Crippen molar-refractivity contribution in [1.82, 2.24) is 20.4 Å². The fraction of sp³-hybridized carbons (Fsp3) is 0.500. The van der Waals surface area contributed by atoms with E-state index in [1.807, 2.05) is 12.3 Å². The third-order valence-corrected chi connectivity index (χ3v) is 27.8. The second-order valence-corrected chi connectivity index (χ2v) is 29.8. The summed E-state index contributed by atoms with van der Waals surface area (Å²) in [5.74, 6) is 0. The quantitative estimate of drug-likeness (QED) is 0.143. The van der Waals surface area contributed by atoms with Crippen LogP contribution in [0.5, 0.6) is 0 Å². The fourth-order valence-corrected chi connectivity index (χ4v) is 24.5. The molecule has 2 unspecified atom stereocenters. The first-order valence-corrected chi connectivity index (χ1v) is 28.9. The molecule has 2 aromatic carbocycles. The minimum Gasteiger partial charge on any atom is -0.463 e. The Morgan fingerprint density at radius 1 is 0.679 bits per heavy atom. The summed E-state index contributed by atoms with van der Waals surface area (Å²) >= 11 is 1.34. The van der Waals surface area contributed by atoms with Gasteiger partial charge in [0.05, 0.1) is 12.4 Å². The Hall–Kier alpha value is -3.58. The monoisotopic (exact) mass is 930 g/mol. The molecule has 2 atom stereocenters. The zero-order valence-electron chi connectivity index (χ0n) is 33.5. The van der Waals surface area contributed by atoms with Gasteiger partial charge in [0.15, 0.2) is 0 Å². The molecule has 12 heteroatoms. The summed E-state index contributed by atoms with van der Waals surface area (Å²) in [6.07, 6.45) is 19.3. The number of unbranched alkanes of at least 4 members (excludes halogenated alkanes) is 3. The molecule has 2 spiro atoms. The van der Waals surface area contributed by atoms with Crippen LogP contribution in [0.1, 0.15) is 94.4 Å². The smallest absolute Gasteiger partial charge is 0.282 e. The van der Waals surface area contributed by atoms with Crippen LogP contribution in [0.3, 0.4) is 0 Å². The number of rotatable bonds is 11. The Labute approximate surface area is 345 Å². The number of hydrogen-bond acceptors (Lipinski definition) is 10. The van der Waals surface area contributed by atoms with E-state index in [0.717, 1.165) is 44.1 Å². The van der Waals surface area contributed by atoms with Crippen LogP contribution in [0.4, 0.5) is 0 Å². The first-order valence-electron chi connectivity index (χ1n) is 20.6. The molecule has 0 saturated heterocycles. The molecule has 2 aromatic heterocycles. The van der Waals surface area contributed by atoms with E-state index in [-0.39, 0.29) is 11.1 Å². The van der Waals surface area contributed by atoms with Gasteiger partial charge in [-0.15, -0.1) is 0 Å². The molecule has 10 nitrogen and oxygen atoms in total. The number of nitrogens with zero attached hydrogens (tertiary/aromatic N) is 6. The summed E-state index contributed by atoms with van der Waals surface area (Å²) in [6.45, 7) is 8.15. The summed E-state index contributed by atoms with van der Waals surface area (Å²) in [7, 11) is 0.